The Morgan fingerprint density at radius 2 is 2.05 bits per heavy atom. The molecule has 1 rings (SSSR count). The summed E-state index contributed by atoms with van der Waals surface area (Å²) in [5.74, 6) is -0.159. The molecule has 0 aromatic heterocycles. The highest BCUT2D eigenvalue weighted by atomic mass is 35.5. The fourth-order valence-corrected chi connectivity index (χ4v) is 2.08. The lowest BCUT2D eigenvalue weighted by Gasteiger charge is -2.08. The predicted octanol–water partition coefficient (Wildman–Crippen LogP) is 0.688. The smallest absolute Gasteiger partial charge is 0.315 e. The van der Waals surface area contributed by atoms with Gasteiger partial charge in [0.1, 0.15) is 0 Å². The van der Waals surface area contributed by atoms with Crippen molar-refractivity contribution in [2.45, 2.75) is 6.54 Å². The number of sulfonamides is 1. The van der Waals surface area contributed by atoms with Crippen LogP contribution in [0.25, 0.3) is 0 Å². The van der Waals surface area contributed by atoms with Gasteiger partial charge in [0.25, 0.3) is 0 Å². The fourth-order valence-electron chi connectivity index (χ4n) is 1.29. The number of nitrogens with one attached hydrogen (secondary N) is 3. The quantitative estimate of drug-likeness (QED) is 0.722. The first-order valence-corrected chi connectivity index (χ1v) is 7.63. The lowest BCUT2D eigenvalue weighted by Crippen LogP contribution is -2.39. The first-order valence-electron chi connectivity index (χ1n) is 5.60. The van der Waals surface area contributed by atoms with Gasteiger partial charge in [0, 0.05) is 18.1 Å². The first-order chi connectivity index (χ1) is 8.93. The molecule has 0 aliphatic rings. The molecule has 3 N–H and O–H groups in total. The molecule has 0 atom stereocenters. The molecule has 0 spiro atoms. The molecule has 1 aromatic carbocycles. The minimum atomic E-state index is -3.30. The number of rotatable bonds is 6. The molecule has 0 saturated carbocycles. The Labute approximate surface area is 117 Å². The monoisotopic (exact) mass is 305 g/mol. The van der Waals surface area contributed by atoms with Gasteiger partial charge in [-0.15, -0.1) is 0 Å². The summed E-state index contributed by atoms with van der Waals surface area (Å²) in [6, 6.07) is 6.68. The van der Waals surface area contributed by atoms with Crippen LogP contribution in [0.15, 0.2) is 24.3 Å². The molecule has 0 fully saturated rings. The highest BCUT2D eigenvalue weighted by Gasteiger charge is 2.07. The third-order valence-corrected chi connectivity index (χ3v) is 3.91. The van der Waals surface area contributed by atoms with Crippen molar-refractivity contribution in [2.24, 2.45) is 0 Å². The number of urea groups is 1. The Balaban J connectivity index is 2.29. The molecule has 19 heavy (non-hydrogen) atoms. The number of benzene rings is 1. The molecule has 0 saturated heterocycles. The van der Waals surface area contributed by atoms with Crippen molar-refractivity contribution in [1.29, 1.82) is 0 Å². The number of hydrogen-bond acceptors (Lipinski definition) is 3. The summed E-state index contributed by atoms with van der Waals surface area (Å²) in [6.45, 7) is 0.371. The molecule has 0 radical (unpaired) electrons. The highest BCUT2D eigenvalue weighted by molar-refractivity contribution is 7.89. The number of amides is 2. The second-order valence-electron chi connectivity index (χ2n) is 3.76. The molecule has 1 aromatic rings. The maximum Gasteiger partial charge on any atom is 0.315 e. The lowest BCUT2D eigenvalue weighted by atomic mass is 10.2. The third-order valence-electron chi connectivity index (χ3n) is 2.31. The van der Waals surface area contributed by atoms with E-state index in [1.807, 2.05) is 6.07 Å². The second-order valence-corrected chi connectivity index (χ2v) is 6.24. The van der Waals surface area contributed by atoms with Crippen molar-refractivity contribution in [3.05, 3.63) is 34.9 Å². The summed E-state index contributed by atoms with van der Waals surface area (Å²) in [5.41, 5.74) is 0.866. The van der Waals surface area contributed by atoms with E-state index in [0.29, 0.717) is 11.6 Å². The molecule has 0 heterocycles. The normalized spacial score (nSPS) is 11.1. The summed E-state index contributed by atoms with van der Waals surface area (Å²) in [5, 5.41) is 5.66. The second kappa shape index (κ2) is 7.32. The third kappa shape index (κ3) is 6.42. The van der Waals surface area contributed by atoms with Gasteiger partial charge in [-0.2, -0.15) is 0 Å². The van der Waals surface area contributed by atoms with E-state index in [0.717, 1.165) is 5.56 Å². The van der Waals surface area contributed by atoms with E-state index in [1.54, 1.807) is 18.2 Å². The number of carbonyl (C=O) groups is 1. The molecule has 106 valence electrons. The lowest BCUT2D eigenvalue weighted by molar-refractivity contribution is 0.241. The largest absolute Gasteiger partial charge is 0.337 e. The van der Waals surface area contributed by atoms with Crippen LogP contribution >= 0.6 is 11.6 Å². The standard InChI is InChI=1S/C11H16ClN3O3S/c1-13-19(17,18)6-5-14-11(16)15-8-9-3-2-4-10(12)7-9/h2-4,7,13H,5-6,8H2,1H3,(H2,14,15,16). The highest BCUT2D eigenvalue weighted by Crippen LogP contribution is 2.09. The van der Waals surface area contributed by atoms with Crippen LogP contribution in [0.1, 0.15) is 5.56 Å². The average molecular weight is 306 g/mol. The number of halogens is 1. The summed E-state index contributed by atoms with van der Waals surface area (Å²) < 4.78 is 24.4. The van der Waals surface area contributed by atoms with E-state index < -0.39 is 16.1 Å². The molecule has 8 heteroatoms. The molecular weight excluding hydrogens is 290 g/mol. The Bertz CT molecular complexity index is 534. The summed E-state index contributed by atoms with van der Waals surface area (Å²) >= 11 is 5.81. The van der Waals surface area contributed by atoms with Crippen molar-refractivity contribution in [3.63, 3.8) is 0 Å². The Morgan fingerprint density at radius 3 is 2.68 bits per heavy atom. The molecule has 0 bridgehead atoms. The SMILES string of the molecule is CNS(=O)(=O)CCNC(=O)NCc1cccc(Cl)c1. The summed E-state index contributed by atoms with van der Waals surface area (Å²) in [4.78, 5) is 11.4. The predicted molar refractivity (Wildman–Crippen MR) is 74.5 cm³/mol. The zero-order valence-electron chi connectivity index (χ0n) is 10.4. The molecule has 2 amide bonds. The van der Waals surface area contributed by atoms with Gasteiger partial charge in [0.2, 0.25) is 10.0 Å². The Hall–Kier alpha value is -1.31. The maximum absolute atomic E-state index is 11.4. The van der Waals surface area contributed by atoms with Crippen LogP contribution in [-0.2, 0) is 16.6 Å². The molecule has 6 nitrogen and oxygen atoms in total. The van der Waals surface area contributed by atoms with Gasteiger partial charge in [-0.1, -0.05) is 23.7 Å². The van der Waals surface area contributed by atoms with Crippen LogP contribution in [0.4, 0.5) is 4.79 Å². The average Bonchev–Trinajstić information content (AvgIpc) is 2.36. The topological polar surface area (TPSA) is 87.3 Å². The first kappa shape index (κ1) is 15.7. The molecular formula is C11H16ClN3O3S. The van der Waals surface area contributed by atoms with Crippen molar-refractivity contribution in [3.8, 4) is 0 Å². The maximum atomic E-state index is 11.4. The minimum absolute atomic E-state index is 0.0462. The summed E-state index contributed by atoms with van der Waals surface area (Å²) in [7, 11) is -1.97. The van der Waals surface area contributed by atoms with Gasteiger partial charge in [0.15, 0.2) is 0 Å². The van der Waals surface area contributed by atoms with E-state index in [-0.39, 0.29) is 12.3 Å². The van der Waals surface area contributed by atoms with E-state index in [4.69, 9.17) is 11.6 Å². The molecule has 0 aliphatic carbocycles. The zero-order chi connectivity index (χ0) is 14.3. The van der Waals surface area contributed by atoms with E-state index in [9.17, 15) is 13.2 Å². The fraction of sp³-hybridized carbons (Fsp3) is 0.364. The Kier molecular flexibility index (Phi) is 6.07. The van der Waals surface area contributed by atoms with Crippen LogP contribution in [0.2, 0.25) is 5.02 Å². The van der Waals surface area contributed by atoms with Crippen molar-refractivity contribution < 1.29 is 13.2 Å². The van der Waals surface area contributed by atoms with Crippen molar-refractivity contribution in [1.82, 2.24) is 15.4 Å². The van der Waals surface area contributed by atoms with Gasteiger partial charge >= 0.3 is 6.03 Å². The van der Waals surface area contributed by atoms with Gasteiger partial charge < -0.3 is 10.6 Å². The van der Waals surface area contributed by atoms with Crippen molar-refractivity contribution in [2.75, 3.05) is 19.3 Å². The van der Waals surface area contributed by atoms with Crippen LogP contribution in [0, 0.1) is 0 Å². The van der Waals surface area contributed by atoms with E-state index in [2.05, 4.69) is 15.4 Å². The minimum Gasteiger partial charge on any atom is -0.337 e. The van der Waals surface area contributed by atoms with E-state index >= 15 is 0 Å². The van der Waals surface area contributed by atoms with Gasteiger partial charge in [-0.05, 0) is 24.7 Å². The van der Waals surface area contributed by atoms with Crippen molar-refractivity contribution >= 4 is 27.7 Å². The Morgan fingerprint density at radius 1 is 1.32 bits per heavy atom. The molecule has 0 aliphatic heterocycles. The number of carbonyl (C=O) groups excluding carboxylic acids is 1. The zero-order valence-corrected chi connectivity index (χ0v) is 12.0. The van der Waals surface area contributed by atoms with Gasteiger partial charge in [-0.3, -0.25) is 0 Å². The number of hydrogen-bond donors (Lipinski definition) is 3. The van der Waals surface area contributed by atoms with Crippen LogP contribution < -0.4 is 15.4 Å². The van der Waals surface area contributed by atoms with E-state index in [1.165, 1.54) is 7.05 Å². The van der Waals surface area contributed by atoms with Gasteiger partial charge in [-0.25, -0.2) is 17.9 Å². The van der Waals surface area contributed by atoms with Crippen LogP contribution in [0.5, 0.6) is 0 Å². The van der Waals surface area contributed by atoms with Gasteiger partial charge in [0.05, 0.1) is 5.75 Å². The summed E-state index contributed by atoms with van der Waals surface area (Å²) in [6.07, 6.45) is 0. The molecule has 0 unspecified atom stereocenters. The van der Waals surface area contributed by atoms with Crippen LogP contribution in [0.3, 0.4) is 0 Å². The van der Waals surface area contributed by atoms with Crippen LogP contribution in [-0.4, -0.2) is 33.8 Å².